The smallest absolute Gasteiger partial charge is 0.0691 e. The molecule has 3 nitrogen and oxygen atoms in total. The number of nitrogens with zero attached hydrogens (tertiary/aromatic N) is 2. The van der Waals surface area contributed by atoms with Crippen molar-refractivity contribution in [2.75, 3.05) is 5.43 Å². The van der Waals surface area contributed by atoms with E-state index in [0.29, 0.717) is 0 Å². The second-order valence-corrected chi connectivity index (χ2v) is 4.14. The molecule has 0 aromatic heterocycles. The number of hydrazone groups is 1. The van der Waals surface area contributed by atoms with Crippen LogP contribution in [0.4, 0.5) is 11.4 Å². The first-order valence-electron chi connectivity index (χ1n) is 5.91. The minimum Gasteiger partial charge on any atom is -0.278 e. The van der Waals surface area contributed by atoms with Crippen molar-refractivity contribution >= 4 is 23.3 Å². The Hall–Kier alpha value is -2.42. The summed E-state index contributed by atoms with van der Waals surface area (Å²) in [5.74, 6) is 0. The third-order valence-electron chi connectivity index (χ3n) is 2.81. The number of hydrogen-bond donors (Lipinski definition) is 1. The number of anilines is 1. The lowest BCUT2D eigenvalue weighted by atomic mass is 10.1. The van der Waals surface area contributed by atoms with Gasteiger partial charge in [-0.25, -0.2) is 0 Å². The van der Waals surface area contributed by atoms with E-state index in [9.17, 15) is 0 Å². The van der Waals surface area contributed by atoms with E-state index < -0.39 is 0 Å². The zero-order valence-corrected chi connectivity index (χ0v) is 9.88. The number of fused-ring (bicyclic) bond motifs is 1. The average Bonchev–Trinajstić information content (AvgIpc) is 2.82. The van der Waals surface area contributed by atoms with E-state index in [1.54, 1.807) is 6.21 Å². The lowest BCUT2D eigenvalue weighted by Gasteiger charge is -1.97. The molecule has 0 fully saturated rings. The quantitative estimate of drug-likeness (QED) is 0.642. The summed E-state index contributed by atoms with van der Waals surface area (Å²) in [4.78, 5) is 4.51. The summed E-state index contributed by atoms with van der Waals surface area (Å²) >= 11 is 0. The molecular weight excluding hydrogens is 222 g/mol. The Kier molecular flexibility index (Phi) is 2.88. The lowest BCUT2D eigenvalue weighted by Crippen LogP contribution is -2.01. The second kappa shape index (κ2) is 4.84. The summed E-state index contributed by atoms with van der Waals surface area (Å²) in [6.07, 6.45) is 2.64. The summed E-state index contributed by atoms with van der Waals surface area (Å²) < 4.78 is 0. The van der Waals surface area contributed by atoms with Gasteiger partial charge in [-0.1, -0.05) is 36.4 Å². The van der Waals surface area contributed by atoms with Gasteiger partial charge in [-0.15, -0.1) is 0 Å². The first kappa shape index (κ1) is 10.7. The van der Waals surface area contributed by atoms with Gasteiger partial charge in [0.15, 0.2) is 0 Å². The number of rotatable bonds is 3. The maximum Gasteiger partial charge on any atom is 0.0691 e. The van der Waals surface area contributed by atoms with Crippen LogP contribution in [0.1, 0.15) is 5.56 Å². The molecule has 1 aliphatic heterocycles. The first-order valence-corrected chi connectivity index (χ1v) is 5.91. The van der Waals surface area contributed by atoms with E-state index in [1.807, 2.05) is 48.5 Å². The number of nitrogens with one attached hydrogen (secondary N) is 1. The molecule has 18 heavy (non-hydrogen) atoms. The Balaban J connectivity index is 1.66. The third-order valence-corrected chi connectivity index (χ3v) is 2.81. The fraction of sp³-hybridized carbons (Fsp3) is 0.0667. The fourth-order valence-corrected chi connectivity index (χ4v) is 1.93. The molecule has 3 rings (SSSR count). The van der Waals surface area contributed by atoms with Crippen LogP contribution in [0.25, 0.3) is 0 Å². The predicted octanol–water partition coefficient (Wildman–Crippen LogP) is 3.41. The highest BCUT2D eigenvalue weighted by Gasteiger charge is 2.11. The summed E-state index contributed by atoms with van der Waals surface area (Å²) in [5, 5.41) is 4.20. The van der Waals surface area contributed by atoms with E-state index in [0.717, 1.165) is 23.5 Å². The van der Waals surface area contributed by atoms with Crippen molar-refractivity contribution in [2.45, 2.75) is 6.42 Å². The Labute approximate surface area is 106 Å². The van der Waals surface area contributed by atoms with Gasteiger partial charge in [-0.2, -0.15) is 5.10 Å². The molecule has 1 heterocycles. The minimum absolute atomic E-state index is 0.857. The minimum atomic E-state index is 0.857. The van der Waals surface area contributed by atoms with Gasteiger partial charge < -0.3 is 0 Å². The highest BCUT2D eigenvalue weighted by molar-refractivity contribution is 6.33. The second-order valence-electron chi connectivity index (χ2n) is 4.14. The molecule has 3 heteroatoms. The zero-order valence-electron chi connectivity index (χ0n) is 9.88. The third kappa shape index (κ3) is 2.30. The van der Waals surface area contributed by atoms with Crippen molar-refractivity contribution in [1.82, 2.24) is 0 Å². The number of aliphatic imine (C=N–C) groups is 1. The molecule has 1 aliphatic rings. The fourth-order valence-electron chi connectivity index (χ4n) is 1.93. The monoisotopic (exact) mass is 235 g/mol. The standard InChI is InChI=1S/C15H13N3/c1-2-7-13(8-3-1)18-16-11-14-10-12-6-4-5-9-15(12)17-14/h1-9,11,18H,10H2/b16-11+. The van der Waals surface area contributed by atoms with Crippen molar-refractivity contribution in [2.24, 2.45) is 10.1 Å². The Bertz CT molecular complexity index is 600. The Morgan fingerprint density at radius 1 is 1.00 bits per heavy atom. The van der Waals surface area contributed by atoms with Crippen LogP contribution in [-0.2, 0) is 6.42 Å². The SMILES string of the molecule is C(=N\Nc1ccccc1)/C1=Nc2ccccc2C1. The van der Waals surface area contributed by atoms with Crippen molar-refractivity contribution in [3.8, 4) is 0 Å². The summed E-state index contributed by atoms with van der Waals surface area (Å²) in [5.41, 5.74) is 7.27. The van der Waals surface area contributed by atoms with Gasteiger partial charge in [0.05, 0.1) is 23.3 Å². The molecule has 0 aliphatic carbocycles. The summed E-state index contributed by atoms with van der Waals surface area (Å²) in [7, 11) is 0. The zero-order chi connectivity index (χ0) is 12.2. The first-order chi connectivity index (χ1) is 8.92. The van der Waals surface area contributed by atoms with Gasteiger partial charge in [0.25, 0.3) is 0 Å². The van der Waals surface area contributed by atoms with Crippen LogP contribution in [0.5, 0.6) is 0 Å². The molecule has 0 spiro atoms. The van der Waals surface area contributed by atoms with Crippen LogP contribution in [-0.4, -0.2) is 11.9 Å². The molecule has 1 N–H and O–H groups in total. The Morgan fingerprint density at radius 2 is 1.78 bits per heavy atom. The van der Waals surface area contributed by atoms with Crippen molar-refractivity contribution in [3.63, 3.8) is 0 Å². The van der Waals surface area contributed by atoms with E-state index in [4.69, 9.17) is 0 Å². The lowest BCUT2D eigenvalue weighted by molar-refractivity contribution is 1.35. The van der Waals surface area contributed by atoms with Gasteiger partial charge in [-0.05, 0) is 23.8 Å². The van der Waals surface area contributed by atoms with Gasteiger partial charge in [0, 0.05) is 6.42 Å². The van der Waals surface area contributed by atoms with Gasteiger partial charge in [0.1, 0.15) is 0 Å². The molecule has 2 aromatic rings. The van der Waals surface area contributed by atoms with Crippen LogP contribution in [0.2, 0.25) is 0 Å². The van der Waals surface area contributed by atoms with Crippen LogP contribution in [0.3, 0.4) is 0 Å². The van der Waals surface area contributed by atoms with E-state index >= 15 is 0 Å². The van der Waals surface area contributed by atoms with Crippen molar-refractivity contribution in [3.05, 3.63) is 60.2 Å². The molecule has 0 saturated carbocycles. The maximum atomic E-state index is 4.51. The summed E-state index contributed by atoms with van der Waals surface area (Å²) in [6, 6.07) is 18.0. The number of para-hydroxylation sites is 2. The van der Waals surface area contributed by atoms with Crippen molar-refractivity contribution in [1.29, 1.82) is 0 Å². The predicted molar refractivity (Wildman–Crippen MR) is 75.8 cm³/mol. The van der Waals surface area contributed by atoms with Crippen LogP contribution in [0, 0.1) is 0 Å². The van der Waals surface area contributed by atoms with Crippen LogP contribution in [0.15, 0.2) is 64.7 Å². The molecule has 0 unspecified atom stereocenters. The van der Waals surface area contributed by atoms with Crippen LogP contribution >= 0.6 is 0 Å². The van der Waals surface area contributed by atoms with E-state index in [2.05, 4.69) is 21.6 Å². The van der Waals surface area contributed by atoms with Crippen molar-refractivity contribution < 1.29 is 0 Å². The molecule has 0 atom stereocenters. The number of benzene rings is 2. The molecule has 0 amide bonds. The molecule has 0 bridgehead atoms. The van der Waals surface area contributed by atoms with E-state index in [1.165, 1.54) is 5.56 Å². The summed E-state index contributed by atoms with van der Waals surface area (Å²) in [6.45, 7) is 0. The molecule has 0 saturated heterocycles. The van der Waals surface area contributed by atoms with Gasteiger partial charge >= 0.3 is 0 Å². The largest absolute Gasteiger partial charge is 0.278 e. The molecule has 88 valence electrons. The van der Waals surface area contributed by atoms with Gasteiger partial charge in [-0.3, -0.25) is 10.4 Å². The van der Waals surface area contributed by atoms with Crippen LogP contribution < -0.4 is 5.43 Å². The Morgan fingerprint density at radius 3 is 2.61 bits per heavy atom. The highest BCUT2D eigenvalue weighted by Crippen LogP contribution is 2.25. The normalized spacial score (nSPS) is 13.4. The molecular formula is C15H13N3. The topological polar surface area (TPSA) is 36.8 Å². The maximum absolute atomic E-state index is 4.51. The van der Waals surface area contributed by atoms with Gasteiger partial charge in [0.2, 0.25) is 0 Å². The highest BCUT2D eigenvalue weighted by atomic mass is 15.3. The number of hydrogen-bond acceptors (Lipinski definition) is 3. The average molecular weight is 235 g/mol. The van der Waals surface area contributed by atoms with E-state index in [-0.39, 0.29) is 0 Å². The molecule has 0 radical (unpaired) electrons. The molecule has 2 aromatic carbocycles.